The number of benzene rings is 2. The zero-order valence-corrected chi connectivity index (χ0v) is 22.5. The lowest BCUT2D eigenvalue weighted by Gasteiger charge is -2.14. The highest BCUT2D eigenvalue weighted by atomic mass is 19.4. The van der Waals surface area contributed by atoms with Crippen LogP contribution in [0.4, 0.5) is 24.7 Å². The molecule has 0 fully saturated rings. The number of nitrogens with one attached hydrogen (secondary N) is 1. The largest absolute Gasteiger partial charge is 0.416 e. The van der Waals surface area contributed by atoms with Gasteiger partial charge >= 0.3 is 6.18 Å². The number of rotatable bonds is 10. The molecule has 0 amide bonds. The van der Waals surface area contributed by atoms with Crippen LogP contribution in [-0.4, -0.2) is 25.5 Å². The van der Waals surface area contributed by atoms with Crippen molar-refractivity contribution in [3.63, 3.8) is 0 Å². The van der Waals surface area contributed by atoms with Crippen molar-refractivity contribution >= 4 is 17.3 Å². The Balaban J connectivity index is 1.58. The van der Waals surface area contributed by atoms with Gasteiger partial charge in [-0.1, -0.05) is 32.9 Å². The number of aromatic nitrogens is 4. The molecule has 0 aliphatic heterocycles. The van der Waals surface area contributed by atoms with Gasteiger partial charge in [-0.25, -0.2) is 9.97 Å². The number of aryl methyl sites for hydroxylation is 3. The molecule has 0 saturated heterocycles. The molecule has 0 atom stereocenters. The fourth-order valence-corrected chi connectivity index (χ4v) is 4.23. The van der Waals surface area contributed by atoms with E-state index in [9.17, 15) is 18.0 Å². The first-order valence-corrected chi connectivity index (χ1v) is 13.0. The summed E-state index contributed by atoms with van der Waals surface area (Å²) in [6.07, 6.45) is 0.606. The number of Topliss-reactive ketones (excluding diaryl/α,β-unsaturated/α-hetero) is 1. The standard InChI is InChI=1S/C30H32F3N5O/c1-5-25-17-29(35-18-34-25)38-28(10-11-36-38)37-26-14-22(9-7-20(26)4)15-27(39)23-12-21(8-6-19(2)3)13-24(16-23)30(31,32)33/h7,9-14,16-19,37H,5-6,8,15H2,1-4H3. The molecule has 2 aromatic carbocycles. The molecule has 204 valence electrons. The number of carbonyl (C=O) groups excluding carboxylic acids is 1. The second kappa shape index (κ2) is 11.8. The summed E-state index contributed by atoms with van der Waals surface area (Å²) < 4.78 is 42.4. The summed E-state index contributed by atoms with van der Waals surface area (Å²) in [5, 5.41) is 7.73. The van der Waals surface area contributed by atoms with Crippen molar-refractivity contribution in [1.29, 1.82) is 0 Å². The average molecular weight is 536 g/mol. The van der Waals surface area contributed by atoms with Crippen molar-refractivity contribution in [3.8, 4) is 5.82 Å². The van der Waals surface area contributed by atoms with Gasteiger partial charge in [-0.2, -0.15) is 23.0 Å². The van der Waals surface area contributed by atoms with Crippen LogP contribution in [-0.2, 0) is 25.4 Å². The van der Waals surface area contributed by atoms with Crippen molar-refractivity contribution in [2.45, 2.75) is 59.6 Å². The molecule has 39 heavy (non-hydrogen) atoms. The molecule has 0 saturated carbocycles. The first kappa shape index (κ1) is 28.0. The van der Waals surface area contributed by atoms with E-state index in [4.69, 9.17) is 0 Å². The van der Waals surface area contributed by atoms with Crippen LogP contribution in [0.2, 0.25) is 0 Å². The van der Waals surface area contributed by atoms with E-state index in [-0.39, 0.29) is 17.8 Å². The van der Waals surface area contributed by atoms with Crippen LogP contribution >= 0.6 is 0 Å². The maximum Gasteiger partial charge on any atom is 0.416 e. The summed E-state index contributed by atoms with van der Waals surface area (Å²) >= 11 is 0. The van der Waals surface area contributed by atoms with E-state index in [0.29, 0.717) is 35.1 Å². The minimum Gasteiger partial charge on any atom is -0.340 e. The van der Waals surface area contributed by atoms with E-state index in [1.54, 1.807) is 16.9 Å². The lowest BCUT2D eigenvalue weighted by molar-refractivity contribution is -0.137. The number of alkyl halides is 3. The molecule has 0 aliphatic rings. The van der Waals surface area contributed by atoms with Crippen LogP contribution < -0.4 is 5.32 Å². The average Bonchev–Trinajstić information content (AvgIpc) is 3.37. The van der Waals surface area contributed by atoms with Gasteiger partial charge in [0.2, 0.25) is 0 Å². The van der Waals surface area contributed by atoms with Gasteiger partial charge in [0.05, 0.1) is 11.8 Å². The Hall–Kier alpha value is -4.01. The molecule has 0 unspecified atom stereocenters. The Bertz CT molecular complexity index is 1460. The van der Waals surface area contributed by atoms with E-state index < -0.39 is 11.7 Å². The fourth-order valence-electron chi connectivity index (χ4n) is 4.23. The number of carbonyl (C=O) groups is 1. The Kier molecular flexibility index (Phi) is 8.47. The van der Waals surface area contributed by atoms with Gasteiger partial charge in [0.15, 0.2) is 11.6 Å². The minimum atomic E-state index is -4.52. The van der Waals surface area contributed by atoms with Crippen molar-refractivity contribution in [2.24, 2.45) is 5.92 Å². The van der Waals surface area contributed by atoms with E-state index in [1.165, 1.54) is 6.33 Å². The number of anilines is 2. The van der Waals surface area contributed by atoms with Gasteiger partial charge in [0.1, 0.15) is 12.1 Å². The summed E-state index contributed by atoms with van der Waals surface area (Å²) in [5.74, 6) is 1.28. The summed E-state index contributed by atoms with van der Waals surface area (Å²) in [5.41, 5.74) is 3.09. The predicted molar refractivity (Wildman–Crippen MR) is 146 cm³/mol. The molecule has 0 spiro atoms. The van der Waals surface area contributed by atoms with Gasteiger partial charge in [-0.05, 0) is 73.1 Å². The molecule has 2 aromatic heterocycles. The number of ketones is 1. The highest BCUT2D eigenvalue weighted by Gasteiger charge is 2.31. The molecule has 2 heterocycles. The number of hydrogen-bond donors (Lipinski definition) is 1. The fraction of sp³-hybridized carbons (Fsp3) is 0.333. The van der Waals surface area contributed by atoms with Gasteiger partial charge in [-0.3, -0.25) is 4.79 Å². The zero-order valence-electron chi connectivity index (χ0n) is 22.5. The molecule has 4 aromatic rings. The van der Waals surface area contributed by atoms with E-state index in [0.717, 1.165) is 41.9 Å². The van der Waals surface area contributed by atoms with Crippen LogP contribution in [0.5, 0.6) is 0 Å². The highest BCUT2D eigenvalue weighted by molar-refractivity contribution is 5.98. The molecule has 0 bridgehead atoms. The summed E-state index contributed by atoms with van der Waals surface area (Å²) in [7, 11) is 0. The molecule has 0 aliphatic carbocycles. The highest BCUT2D eigenvalue weighted by Crippen LogP contribution is 2.32. The number of halogens is 3. The van der Waals surface area contributed by atoms with Crippen molar-refractivity contribution in [2.75, 3.05) is 5.32 Å². The first-order valence-electron chi connectivity index (χ1n) is 13.0. The minimum absolute atomic E-state index is 0.0229. The molecular weight excluding hydrogens is 503 g/mol. The van der Waals surface area contributed by atoms with E-state index in [2.05, 4.69) is 20.4 Å². The van der Waals surface area contributed by atoms with Crippen molar-refractivity contribution in [3.05, 3.63) is 94.6 Å². The molecule has 1 N–H and O–H groups in total. The monoisotopic (exact) mass is 535 g/mol. The SMILES string of the molecule is CCc1cc(-n2nccc2Nc2cc(CC(=O)c3cc(CCC(C)C)cc(C(F)(F)F)c3)ccc2C)ncn1. The smallest absolute Gasteiger partial charge is 0.340 e. The Morgan fingerprint density at radius 3 is 2.54 bits per heavy atom. The third-order valence-corrected chi connectivity index (χ3v) is 6.51. The van der Waals surface area contributed by atoms with E-state index >= 15 is 0 Å². The lowest BCUT2D eigenvalue weighted by Crippen LogP contribution is -2.11. The predicted octanol–water partition coefficient (Wildman–Crippen LogP) is 7.31. The zero-order chi connectivity index (χ0) is 28.2. The van der Waals surface area contributed by atoms with Crippen LogP contribution in [0.15, 0.2) is 61.1 Å². The summed E-state index contributed by atoms with van der Waals surface area (Å²) in [6, 6.07) is 12.9. The molecular formula is C30H32F3N5O. The van der Waals surface area contributed by atoms with Gasteiger partial charge in [0, 0.05) is 35.5 Å². The molecule has 4 rings (SSSR count). The normalized spacial score (nSPS) is 11.7. The Morgan fingerprint density at radius 2 is 1.82 bits per heavy atom. The third kappa shape index (κ3) is 7.10. The third-order valence-electron chi connectivity index (χ3n) is 6.51. The van der Waals surface area contributed by atoms with E-state index in [1.807, 2.05) is 58.0 Å². The van der Waals surface area contributed by atoms with Crippen LogP contribution in [0, 0.1) is 12.8 Å². The van der Waals surface area contributed by atoms with Crippen molar-refractivity contribution < 1.29 is 18.0 Å². The Labute approximate surface area is 226 Å². The first-order chi connectivity index (χ1) is 18.5. The maximum atomic E-state index is 13.6. The van der Waals surface area contributed by atoms with Crippen LogP contribution in [0.3, 0.4) is 0 Å². The second-order valence-electron chi connectivity index (χ2n) is 10.1. The summed E-state index contributed by atoms with van der Waals surface area (Å²) in [4.78, 5) is 21.7. The number of hydrogen-bond acceptors (Lipinski definition) is 5. The van der Waals surface area contributed by atoms with Crippen molar-refractivity contribution in [1.82, 2.24) is 19.7 Å². The van der Waals surface area contributed by atoms with Gasteiger partial charge in [0.25, 0.3) is 0 Å². The van der Waals surface area contributed by atoms with Crippen LogP contribution in [0.1, 0.15) is 65.5 Å². The second-order valence-corrected chi connectivity index (χ2v) is 10.1. The summed E-state index contributed by atoms with van der Waals surface area (Å²) in [6.45, 7) is 7.98. The Morgan fingerprint density at radius 1 is 1.03 bits per heavy atom. The number of nitrogens with zero attached hydrogens (tertiary/aromatic N) is 4. The quantitative estimate of drug-likeness (QED) is 0.216. The lowest BCUT2D eigenvalue weighted by atomic mass is 9.95. The molecule has 0 radical (unpaired) electrons. The topological polar surface area (TPSA) is 72.7 Å². The van der Waals surface area contributed by atoms with Gasteiger partial charge < -0.3 is 5.32 Å². The molecule has 6 nitrogen and oxygen atoms in total. The van der Waals surface area contributed by atoms with Crippen LogP contribution in [0.25, 0.3) is 5.82 Å². The maximum absolute atomic E-state index is 13.6. The molecule has 9 heteroatoms. The van der Waals surface area contributed by atoms with Gasteiger partial charge in [-0.15, -0.1) is 0 Å².